The van der Waals surface area contributed by atoms with E-state index in [0.717, 1.165) is 23.0 Å². The summed E-state index contributed by atoms with van der Waals surface area (Å²) in [6.45, 7) is 6.05. The lowest BCUT2D eigenvalue weighted by molar-refractivity contribution is 0.0754. The fourth-order valence-electron chi connectivity index (χ4n) is 2.66. The van der Waals surface area contributed by atoms with Crippen LogP contribution in [0.4, 0.5) is 0 Å². The van der Waals surface area contributed by atoms with Crippen molar-refractivity contribution in [2.45, 2.75) is 26.9 Å². The molecule has 2 heterocycles. The van der Waals surface area contributed by atoms with E-state index in [2.05, 4.69) is 10.1 Å². The first-order valence-corrected chi connectivity index (χ1v) is 7.87. The first-order chi connectivity index (χ1) is 11.2. The van der Waals surface area contributed by atoms with Gasteiger partial charge in [-0.25, -0.2) is 0 Å². The van der Waals surface area contributed by atoms with E-state index in [1.165, 1.54) is 0 Å². The number of para-hydroxylation sites is 1. The van der Waals surface area contributed by atoms with Gasteiger partial charge in [-0.05, 0) is 26.0 Å². The summed E-state index contributed by atoms with van der Waals surface area (Å²) in [6, 6.07) is 9.57. The van der Waals surface area contributed by atoms with Crippen LogP contribution in [0.15, 0.2) is 48.9 Å². The number of carbonyl (C=O) groups is 1. The molecule has 0 saturated carbocycles. The summed E-state index contributed by atoms with van der Waals surface area (Å²) < 4.78 is 1.87. The minimum atomic E-state index is 0.000971. The van der Waals surface area contributed by atoms with Crippen molar-refractivity contribution in [2.24, 2.45) is 0 Å². The predicted octanol–water partition coefficient (Wildman–Crippen LogP) is 3.11. The van der Waals surface area contributed by atoms with Gasteiger partial charge < -0.3 is 4.90 Å². The molecule has 5 nitrogen and oxygen atoms in total. The number of amides is 1. The minimum absolute atomic E-state index is 0.000971. The highest BCUT2D eigenvalue weighted by Gasteiger charge is 2.18. The molecule has 118 valence electrons. The summed E-state index contributed by atoms with van der Waals surface area (Å²) >= 11 is 0. The number of nitrogens with zero attached hydrogens (tertiary/aromatic N) is 4. The maximum absolute atomic E-state index is 12.9. The Bertz CT molecular complexity index is 819. The summed E-state index contributed by atoms with van der Waals surface area (Å²) in [4.78, 5) is 19.1. The van der Waals surface area contributed by atoms with E-state index in [-0.39, 0.29) is 5.91 Å². The fraction of sp³-hybridized carbons (Fsp3) is 0.278. The Morgan fingerprint density at radius 2 is 2.04 bits per heavy atom. The highest BCUT2D eigenvalue weighted by Crippen LogP contribution is 2.18. The molecule has 1 amide bonds. The molecule has 0 saturated heterocycles. The molecule has 3 aromatic rings. The molecule has 0 N–H and O–H groups in total. The van der Waals surface area contributed by atoms with Crippen LogP contribution in [0.5, 0.6) is 0 Å². The SMILES string of the molecule is CCN(Cc1cnn(CC)c1)C(=O)c1cccc2cccnc12. The van der Waals surface area contributed by atoms with Gasteiger partial charge in [0.25, 0.3) is 5.91 Å². The van der Waals surface area contributed by atoms with Gasteiger partial charge in [-0.3, -0.25) is 14.5 Å². The molecule has 23 heavy (non-hydrogen) atoms. The predicted molar refractivity (Wildman–Crippen MR) is 90.1 cm³/mol. The molecule has 1 aromatic carbocycles. The van der Waals surface area contributed by atoms with Gasteiger partial charge in [0.1, 0.15) is 0 Å². The van der Waals surface area contributed by atoms with Crippen molar-refractivity contribution in [3.8, 4) is 0 Å². The van der Waals surface area contributed by atoms with Crippen molar-refractivity contribution in [1.82, 2.24) is 19.7 Å². The van der Waals surface area contributed by atoms with Crippen LogP contribution in [0.1, 0.15) is 29.8 Å². The number of hydrogen-bond acceptors (Lipinski definition) is 3. The summed E-state index contributed by atoms with van der Waals surface area (Å²) in [5.41, 5.74) is 2.44. The smallest absolute Gasteiger partial charge is 0.256 e. The number of pyridine rings is 1. The van der Waals surface area contributed by atoms with Crippen LogP contribution in [-0.4, -0.2) is 32.1 Å². The number of rotatable bonds is 5. The Kier molecular flexibility index (Phi) is 4.37. The third-order valence-corrected chi connectivity index (χ3v) is 3.92. The Morgan fingerprint density at radius 1 is 1.22 bits per heavy atom. The molecule has 0 aliphatic carbocycles. The number of benzene rings is 1. The lowest BCUT2D eigenvalue weighted by Gasteiger charge is -2.20. The second-order valence-corrected chi connectivity index (χ2v) is 5.40. The summed E-state index contributed by atoms with van der Waals surface area (Å²) in [7, 11) is 0. The van der Waals surface area contributed by atoms with Crippen LogP contribution < -0.4 is 0 Å². The molecule has 0 radical (unpaired) electrons. The molecule has 0 unspecified atom stereocenters. The molecule has 2 aromatic heterocycles. The van der Waals surface area contributed by atoms with E-state index < -0.39 is 0 Å². The van der Waals surface area contributed by atoms with Gasteiger partial charge in [-0.2, -0.15) is 5.10 Å². The van der Waals surface area contributed by atoms with Gasteiger partial charge in [0.15, 0.2) is 0 Å². The average molecular weight is 308 g/mol. The molecule has 3 rings (SSSR count). The van der Waals surface area contributed by atoms with Gasteiger partial charge in [-0.1, -0.05) is 18.2 Å². The van der Waals surface area contributed by atoms with E-state index in [1.54, 1.807) is 6.20 Å². The standard InChI is InChI=1S/C18H20N4O/c1-3-21(12-14-11-20-22(4-2)13-14)18(23)16-9-5-7-15-8-6-10-19-17(15)16/h5-11,13H,3-4,12H2,1-2H3. The number of aryl methyl sites for hydroxylation is 1. The highest BCUT2D eigenvalue weighted by atomic mass is 16.2. The van der Waals surface area contributed by atoms with Crippen LogP contribution in [0.25, 0.3) is 10.9 Å². The van der Waals surface area contributed by atoms with Gasteiger partial charge in [-0.15, -0.1) is 0 Å². The minimum Gasteiger partial charge on any atom is -0.334 e. The third-order valence-electron chi connectivity index (χ3n) is 3.92. The van der Waals surface area contributed by atoms with Crippen molar-refractivity contribution >= 4 is 16.8 Å². The Morgan fingerprint density at radius 3 is 2.78 bits per heavy atom. The van der Waals surface area contributed by atoms with E-state index >= 15 is 0 Å². The van der Waals surface area contributed by atoms with Crippen molar-refractivity contribution in [3.05, 3.63) is 60.0 Å². The number of hydrogen-bond donors (Lipinski definition) is 0. The number of aromatic nitrogens is 3. The second-order valence-electron chi connectivity index (χ2n) is 5.40. The van der Waals surface area contributed by atoms with Crippen molar-refractivity contribution in [3.63, 3.8) is 0 Å². The molecule has 0 aliphatic heterocycles. The maximum Gasteiger partial charge on any atom is 0.256 e. The third kappa shape index (κ3) is 3.08. The molecule has 0 fully saturated rings. The van der Waals surface area contributed by atoms with Crippen molar-refractivity contribution in [2.75, 3.05) is 6.54 Å². The van der Waals surface area contributed by atoms with Gasteiger partial charge in [0.05, 0.1) is 17.3 Å². The van der Waals surface area contributed by atoms with E-state index in [0.29, 0.717) is 18.7 Å². The molecule has 0 bridgehead atoms. The van der Waals surface area contributed by atoms with Crippen LogP contribution in [0.2, 0.25) is 0 Å². The molecular formula is C18H20N4O. The van der Waals surface area contributed by atoms with E-state index in [1.807, 2.05) is 66.2 Å². The Hall–Kier alpha value is -2.69. The van der Waals surface area contributed by atoms with Crippen LogP contribution >= 0.6 is 0 Å². The zero-order valence-corrected chi connectivity index (χ0v) is 13.4. The average Bonchev–Trinajstić information content (AvgIpc) is 3.06. The second kappa shape index (κ2) is 6.60. The van der Waals surface area contributed by atoms with Crippen molar-refractivity contribution < 1.29 is 4.79 Å². The van der Waals surface area contributed by atoms with Crippen LogP contribution in [0, 0.1) is 0 Å². The summed E-state index contributed by atoms with van der Waals surface area (Å²) in [5, 5.41) is 5.25. The lowest BCUT2D eigenvalue weighted by atomic mass is 10.1. The zero-order chi connectivity index (χ0) is 16.2. The normalized spacial score (nSPS) is 10.9. The monoisotopic (exact) mass is 308 g/mol. The molecule has 5 heteroatoms. The Balaban J connectivity index is 1.89. The quantitative estimate of drug-likeness (QED) is 0.727. The summed E-state index contributed by atoms with van der Waals surface area (Å²) in [5.74, 6) is 0.000971. The van der Waals surface area contributed by atoms with E-state index in [4.69, 9.17) is 0 Å². The molecule has 0 spiro atoms. The number of fused-ring (bicyclic) bond motifs is 1. The fourth-order valence-corrected chi connectivity index (χ4v) is 2.66. The van der Waals surface area contributed by atoms with E-state index in [9.17, 15) is 4.79 Å². The van der Waals surface area contributed by atoms with Gasteiger partial charge in [0, 0.05) is 43.0 Å². The number of carbonyl (C=O) groups excluding carboxylic acids is 1. The lowest BCUT2D eigenvalue weighted by Crippen LogP contribution is -2.30. The van der Waals surface area contributed by atoms with Gasteiger partial charge >= 0.3 is 0 Å². The van der Waals surface area contributed by atoms with Crippen molar-refractivity contribution in [1.29, 1.82) is 0 Å². The molecule has 0 atom stereocenters. The maximum atomic E-state index is 12.9. The highest BCUT2D eigenvalue weighted by molar-refractivity contribution is 6.05. The Labute approximate surface area is 135 Å². The first-order valence-electron chi connectivity index (χ1n) is 7.87. The van der Waals surface area contributed by atoms with Crippen LogP contribution in [-0.2, 0) is 13.1 Å². The zero-order valence-electron chi connectivity index (χ0n) is 13.4. The largest absolute Gasteiger partial charge is 0.334 e. The van der Waals surface area contributed by atoms with Gasteiger partial charge in [0.2, 0.25) is 0 Å². The topological polar surface area (TPSA) is 51.0 Å². The van der Waals surface area contributed by atoms with Crippen LogP contribution in [0.3, 0.4) is 0 Å². The summed E-state index contributed by atoms with van der Waals surface area (Å²) in [6.07, 6.45) is 5.53. The first kappa shape index (κ1) is 15.2. The molecular weight excluding hydrogens is 288 g/mol. The molecule has 0 aliphatic rings.